The summed E-state index contributed by atoms with van der Waals surface area (Å²) >= 11 is 0. The van der Waals surface area contributed by atoms with Crippen molar-refractivity contribution in [2.75, 3.05) is 163 Å². The van der Waals surface area contributed by atoms with Gasteiger partial charge in [-0.15, -0.1) is 0 Å². The van der Waals surface area contributed by atoms with Gasteiger partial charge in [-0.05, 0) is 221 Å². The van der Waals surface area contributed by atoms with Crippen LogP contribution < -0.4 is 32.3 Å². The van der Waals surface area contributed by atoms with Crippen LogP contribution in [0.15, 0.2) is 0 Å². The average molecular weight is 1120 g/mol. The van der Waals surface area contributed by atoms with Crippen molar-refractivity contribution >= 4 is 17.5 Å². The summed E-state index contributed by atoms with van der Waals surface area (Å²) in [6, 6.07) is 4.14. The first kappa shape index (κ1) is 87.5. The van der Waals surface area contributed by atoms with E-state index in [4.69, 9.17) is 20.7 Å². The number of aliphatic hydroxyl groups excluding tert-OH is 1. The van der Waals surface area contributed by atoms with Crippen molar-refractivity contribution in [2.24, 2.45) is 5.73 Å². The molecule has 0 saturated carbocycles. The fraction of sp³-hybridized carbons (Fsp3) is 0.951. The molecule has 474 valence electrons. The number of unbranched alkanes of at least 4 members (excludes halogenated alkanes) is 2. The van der Waals surface area contributed by atoms with E-state index in [0.29, 0.717) is 19.1 Å². The van der Waals surface area contributed by atoms with E-state index in [9.17, 15) is 9.59 Å². The maximum absolute atomic E-state index is 9.81. The van der Waals surface area contributed by atoms with Gasteiger partial charge in [0, 0.05) is 95.5 Å². The van der Waals surface area contributed by atoms with Gasteiger partial charge in [-0.2, -0.15) is 0 Å². The number of Topliss-reactive ketones (excluding diaryl/α,β-unsaturated/α-hetero) is 2. The van der Waals surface area contributed by atoms with E-state index in [2.05, 4.69) is 126 Å². The number of carboxylic acid groups (broad SMARTS) is 1. The van der Waals surface area contributed by atoms with Gasteiger partial charge < -0.3 is 81.5 Å². The number of aliphatic carboxylic acids is 1. The SMILES string of the molecule is CC(=O)O.CC(C)=O.CCC(C)=O.CCCC.CCCC.CCCO.CN1CCCC(N)C1.CNC1CCCN(C)C1.CNC1CCCN(C)C1.CNC1CCCN(C)C1.CNC1CCCN(C)C1.CNC1CCCN(C)C1. The second-order valence-corrected chi connectivity index (χ2v) is 22.3. The molecular weight excluding hydrogens is 981 g/mol. The number of nitrogens with one attached hydrogen (secondary N) is 5. The standard InChI is InChI=1S/5C7H16N2.C6H14N2.C4H8O.2C4H10.C3H6O.C3H8O.C2H4O2/c5*1-8-7-4-3-5-9(2)6-7;1-8-4-2-3-6(7)5-8;1-3-4(2)5;2*1-3-4-2;1-3(2)4;1-2-3-4;1-2(3)4/h5*7-8H,3-6H2,1-2H3;6H,2-5,7H2,1H3;3H2,1-2H3;2*3-4H2,1-2H3;1-2H3;4H,2-3H2,1H3;1H3,(H,3,4). The summed E-state index contributed by atoms with van der Waals surface area (Å²) in [5, 5.41) is 31.8. The Kier molecular flexibility index (Phi) is 74.2. The Morgan fingerprint density at radius 3 is 0.654 bits per heavy atom. The topological polar surface area (TPSA) is 197 Å². The molecule has 6 saturated heterocycles. The summed E-state index contributed by atoms with van der Waals surface area (Å²) < 4.78 is 0. The molecule has 6 aliphatic rings. The first-order valence-electron chi connectivity index (χ1n) is 30.9. The largest absolute Gasteiger partial charge is 0.481 e. The lowest BCUT2D eigenvalue weighted by Crippen LogP contribution is -2.42. The van der Waals surface area contributed by atoms with Crippen molar-refractivity contribution in [3.63, 3.8) is 0 Å². The molecule has 0 aromatic carbocycles. The van der Waals surface area contributed by atoms with Crippen molar-refractivity contribution in [2.45, 2.75) is 221 Å². The number of nitrogens with zero attached hydrogens (tertiary/aromatic N) is 6. The van der Waals surface area contributed by atoms with Crippen LogP contribution in [0.4, 0.5) is 0 Å². The van der Waals surface area contributed by atoms with E-state index in [1.165, 1.54) is 189 Å². The number of nitrogens with two attached hydrogens (primary N) is 1. The third-order valence-electron chi connectivity index (χ3n) is 13.5. The molecule has 0 aromatic heterocycles. The summed E-state index contributed by atoms with van der Waals surface area (Å²) in [5.74, 6) is -0.412. The van der Waals surface area contributed by atoms with E-state index in [1.807, 2.05) is 49.1 Å². The highest BCUT2D eigenvalue weighted by Crippen LogP contribution is 2.10. The van der Waals surface area contributed by atoms with Gasteiger partial charge in [0.15, 0.2) is 0 Å². The molecule has 6 fully saturated rings. The van der Waals surface area contributed by atoms with Gasteiger partial charge in [0.05, 0.1) is 0 Å². The number of carbonyl (C=O) groups excluding carboxylic acids is 2. The maximum atomic E-state index is 9.81. The number of carboxylic acids is 1. The molecule has 6 aliphatic heterocycles. The summed E-state index contributed by atoms with van der Waals surface area (Å²) in [4.78, 5) is 42.4. The Balaban J connectivity index is -0.000000184. The molecule has 0 amide bonds. The van der Waals surface area contributed by atoms with Crippen LogP contribution >= 0.6 is 0 Å². The molecule has 0 radical (unpaired) electrons. The number of likely N-dealkylation sites (tertiary alicyclic amines) is 6. The van der Waals surface area contributed by atoms with Gasteiger partial charge in [-0.1, -0.05) is 67.2 Å². The predicted molar refractivity (Wildman–Crippen MR) is 342 cm³/mol. The van der Waals surface area contributed by atoms with Crippen LogP contribution in [0, 0.1) is 0 Å². The third-order valence-corrected chi connectivity index (χ3v) is 13.5. The fourth-order valence-corrected chi connectivity index (χ4v) is 8.22. The highest BCUT2D eigenvalue weighted by Gasteiger charge is 2.17. The van der Waals surface area contributed by atoms with Gasteiger partial charge in [0.1, 0.15) is 11.6 Å². The van der Waals surface area contributed by atoms with Crippen LogP contribution in [-0.4, -0.2) is 256 Å². The Morgan fingerprint density at radius 2 is 0.577 bits per heavy atom. The molecule has 6 unspecified atom stereocenters. The van der Waals surface area contributed by atoms with E-state index >= 15 is 0 Å². The van der Waals surface area contributed by atoms with E-state index < -0.39 is 5.97 Å². The number of likely N-dealkylation sites (N-methyl/N-ethyl adjacent to an activating group) is 11. The third kappa shape index (κ3) is 74.3. The zero-order valence-corrected chi connectivity index (χ0v) is 55.8. The minimum atomic E-state index is -0.833. The number of piperidine rings is 6. The van der Waals surface area contributed by atoms with Crippen molar-refractivity contribution in [1.82, 2.24) is 56.0 Å². The van der Waals surface area contributed by atoms with E-state index in [-0.39, 0.29) is 11.6 Å². The maximum Gasteiger partial charge on any atom is 0.300 e. The molecule has 0 aromatic rings. The first-order valence-corrected chi connectivity index (χ1v) is 30.9. The summed E-state index contributed by atoms with van der Waals surface area (Å²) in [5.41, 5.74) is 5.68. The molecule has 0 spiro atoms. The molecule has 9 N–H and O–H groups in total. The molecular formula is C61H140N12O5. The first-order chi connectivity index (χ1) is 36.9. The summed E-state index contributed by atoms with van der Waals surface area (Å²) in [6.07, 6.45) is 22.8. The lowest BCUT2D eigenvalue weighted by molar-refractivity contribution is -0.134. The van der Waals surface area contributed by atoms with E-state index in [0.717, 1.165) is 50.1 Å². The second-order valence-electron chi connectivity index (χ2n) is 22.3. The van der Waals surface area contributed by atoms with Crippen molar-refractivity contribution < 1.29 is 24.6 Å². The molecule has 0 bridgehead atoms. The van der Waals surface area contributed by atoms with Crippen LogP contribution in [0.1, 0.15) is 185 Å². The quantitative estimate of drug-likeness (QED) is 0.115. The lowest BCUT2D eigenvalue weighted by Gasteiger charge is -2.29. The molecule has 17 nitrogen and oxygen atoms in total. The predicted octanol–water partition coefficient (Wildman–Crippen LogP) is 7.21. The summed E-state index contributed by atoms with van der Waals surface area (Å²) in [6.45, 7) is 33.3. The molecule has 78 heavy (non-hydrogen) atoms. The molecule has 6 atom stereocenters. The van der Waals surface area contributed by atoms with Gasteiger partial charge in [-0.3, -0.25) is 4.79 Å². The normalized spacial score (nSPS) is 23.4. The molecule has 6 heterocycles. The molecule has 0 aliphatic carbocycles. The smallest absolute Gasteiger partial charge is 0.300 e. The lowest BCUT2D eigenvalue weighted by atomic mass is 10.1. The van der Waals surface area contributed by atoms with Crippen molar-refractivity contribution in [1.29, 1.82) is 0 Å². The monoisotopic (exact) mass is 1120 g/mol. The van der Waals surface area contributed by atoms with Crippen LogP contribution in [0.3, 0.4) is 0 Å². The Morgan fingerprint density at radius 1 is 0.410 bits per heavy atom. The Labute approximate surface area is 485 Å². The van der Waals surface area contributed by atoms with Crippen LogP contribution in [0.2, 0.25) is 0 Å². The molecule has 6 rings (SSSR count). The van der Waals surface area contributed by atoms with Crippen molar-refractivity contribution in [3.05, 3.63) is 0 Å². The number of hydrogen-bond acceptors (Lipinski definition) is 16. The Hall–Kier alpha value is -1.71. The number of carbonyl (C=O) groups is 3. The van der Waals surface area contributed by atoms with Crippen LogP contribution in [0.5, 0.6) is 0 Å². The van der Waals surface area contributed by atoms with Gasteiger partial charge in [0.2, 0.25) is 0 Å². The minimum absolute atomic E-state index is 0.167. The summed E-state index contributed by atoms with van der Waals surface area (Å²) in [7, 11) is 23.3. The average Bonchev–Trinajstić information content (AvgIpc) is 3.41. The van der Waals surface area contributed by atoms with Crippen molar-refractivity contribution in [3.8, 4) is 0 Å². The number of rotatable bonds is 9. The van der Waals surface area contributed by atoms with Gasteiger partial charge in [0.25, 0.3) is 5.97 Å². The molecule has 17 heteroatoms. The van der Waals surface area contributed by atoms with Crippen LogP contribution in [0.25, 0.3) is 0 Å². The van der Waals surface area contributed by atoms with Gasteiger partial charge in [-0.25, -0.2) is 0 Å². The zero-order valence-electron chi connectivity index (χ0n) is 55.8. The van der Waals surface area contributed by atoms with Gasteiger partial charge >= 0.3 is 0 Å². The number of ketones is 2. The Bertz CT molecular complexity index is 1060. The second kappa shape index (κ2) is 66.1. The fourth-order valence-electron chi connectivity index (χ4n) is 8.22. The van der Waals surface area contributed by atoms with E-state index in [1.54, 1.807) is 6.92 Å². The highest BCUT2D eigenvalue weighted by molar-refractivity contribution is 5.74. The minimum Gasteiger partial charge on any atom is -0.481 e. The number of aliphatic hydroxyl groups is 1. The number of hydrogen-bond donors (Lipinski definition) is 8. The van der Waals surface area contributed by atoms with Crippen LogP contribution in [-0.2, 0) is 14.4 Å². The highest BCUT2D eigenvalue weighted by atomic mass is 16.4. The zero-order chi connectivity index (χ0) is 61.1.